The number of benzene rings is 1. The van der Waals surface area contributed by atoms with Gasteiger partial charge in [0.25, 0.3) is 0 Å². The van der Waals surface area contributed by atoms with E-state index >= 15 is 0 Å². The summed E-state index contributed by atoms with van der Waals surface area (Å²) in [5.74, 6) is 0. The Balaban J connectivity index is 0.00000121. The summed E-state index contributed by atoms with van der Waals surface area (Å²) in [5.41, 5.74) is -3.39. The lowest BCUT2D eigenvalue weighted by Crippen LogP contribution is -2.16. The van der Waals surface area contributed by atoms with E-state index in [4.69, 9.17) is 18.4 Å². The maximum Gasteiger partial charge on any atom is 0.416 e. The van der Waals surface area contributed by atoms with Gasteiger partial charge in [-0.15, -0.1) is 5.26 Å². The number of rotatable bonds is 0. The molecule has 0 saturated carbocycles. The molecule has 1 rings (SSSR count). The quantitative estimate of drug-likeness (QED) is 0.249. The van der Waals surface area contributed by atoms with Gasteiger partial charge in [-0.25, -0.2) is 0 Å². The summed E-state index contributed by atoms with van der Waals surface area (Å²) in [5, 5.41) is 11.0. The molecule has 1 aromatic carbocycles. The van der Waals surface area contributed by atoms with Gasteiger partial charge in [0.2, 0.25) is 0 Å². The normalized spacial score (nSPS) is 11.8. The van der Waals surface area contributed by atoms with E-state index in [0.717, 1.165) is 0 Å². The molecular formula is C8H6BF6O2+. The van der Waals surface area contributed by atoms with Crippen molar-refractivity contribution in [3.8, 4) is 0 Å². The molecule has 3 N–H and O–H groups in total. The van der Waals surface area contributed by atoms with Crippen molar-refractivity contribution >= 4 is 13.3 Å². The fraction of sp³-hybridized carbons (Fsp3) is 0.250. The van der Waals surface area contributed by atoms with Gasteiger partial charge in [0, 0.05) is 0 Å². The molecule has 0 aliphatic rings. The smallest absolute Gasteiger partial charge is 0.263 e. The minimum Gasteiger partial charge on any atom is -0.263 e. The summed E-state index contributed by atoms with van der Waals surface area (Å²) in [7, 11) is 4.95. The van der Waals surface area contributed by atoms with E-state index in [-0.39, 0.29) is 6.07 Å². The van der Waals surface area contributed by atoms with Gasteiger partial charge in [0.05, 0.1) is 11.1 Å². The molecule has 0 amide bonds. The molecule has 17 heavy (non-hydrogen) atoms. The van der Waals surface area contributed by atoms with E-state index in [1.165, 1.54) is 0 Å². The second kappa shape index (κ2) is 5.41. The Kier molecular flexibility index (Phi) is 5.02. The van der Waals surface area contributed by atoms with Crippen LogP contribution in [-0.4, -0.2) is 18.4 Å². The second-order valence-electron chi connectivity index (χ2n) is 2.84. The van der Waals surface area contributed by atoms with Crippen LogP contribution in [0.4, 0.5) is 26.3 Å². The first-order chi connectivity index (χ1) is 7.60. The van der Waals surface area contributed by atoms with Crippen LogP contribution in [0.25, 0.3) is 0 Å². The molecule has 0 spiro atoms. The molecule has 0 unspecified atom stereocenters. The highest BCUT2D eigenvalue weighted by Gasteiger charge is 2.36. The van der Waals surface area contributed by atoms with Crippen molar-refractivity contribution in [3.63, 3.8) is 0 Å². The minimum atomic E-state index is -4.84. The van der Waals surface area contributed by atoms with E-state index < -0.39 is 28.9 Å². The first kappa shape index (κ1) is 15.8. The van der Waals surface area contributed by atoms with Crippen LogP contribution in [0, 0.1) is 0 Å². The van der Waals surface area contributed by atoms with Gasteiger partial charge in [-0.3, -0.25) is 5.26 Å². The molecule has 0 bridgehead atoms. The highest BCUT2D eigenvalue weighted by Crippen LogP contribution is 2.34. The zero-order valence-corrected chi connectivity index (χ0v) is 8.02. The SMILES string of the molecule is O[OH2+].[B]c1cc(C(F)(F)F)cc(C(F)(F)F)c1. The Labute approximate surface area is 92.8 Å². The molecule has 0 aliphatic heterocycles. The van der Waals surface area contributed by atoms with Crippen LogP contribution < -0.4 is 5.46 Å². The summed E-state index contributed by atoms with van der Waals surface area (Å²) in [6.45, 7) is 0. The summed E-state index contributed by atoms with van der Waals surface area (Å²) in [4.78, 5) is 0. The molecule has 0 heterocycles. The lowest BCUT2D eigenvalue weighted by atomic mass is 9.91. The van der Waals surface area contributed by atoms with Gasteiger partial charge < -0.3 is 0 Å². The van der Waals surface area contributed by atoms with Crippen molar-refractivity contribution in [2.45, 2.75) is 12.4 Å². The lowest BCUT2D eigenvalue weighted by Gasteiger charge is -2.12. The summed E-state index contributed by atoms with van der Waals surface area (Å²) in [6.07, 6.45) is -9.68. The Morgan fingerprint density at radius 2 is 1.12 bits per heavy atom. The molecule has 9 heteroatoms. The topological polar surface area (TPSA) is 43.1 Å². The number of alkyl halides is 6. The Hall–Kier alpha value is -1.22. The Morgan fingerprint density at radius 3 is 1.35 bits per heavy atom. The molecule has 0 aliphatic carbocycles. The molecule has 2 radical (unpaired) electrons. The van der Waals surface area contributed by atoms with Crippen LogP contribution in [0.5, 0.6) is 0 Å². The average Bonchev–Trinajstić information content (AvgIpc) is 2.17. The highest BCUT2D eigenvalue weighted by molar-refractivity contribution is 6.32. The van der Waals surface area contributed by atoms with Gasteiger partial charge in [0.1, 0.15) is 7.85 Å². The molecule has 1 aromatic rings. The third kappa shape index (κ3) is 4.66. The molecule has 94 valence electrons. The van der Waals surface area contributed by atoms with E-state index in [1.807, 2.05) is 0 Å². The third-order valence-electron chi connectivity index (χ3n) is 1.61. The first-order valence-electron chi connectivity index (χ1n) is 3.88. The Morgan fingerprint density at radius 1 is 0.824 bits per heavy atom. The summed E-state index contributed by atoms with van der Waals surface area (Å²) < 4.78 is 72.7. The standard InChI is InChI=1S/C8H3BF6.H2O2/c9-6-2-4(7(10,11)12)1-5(3-6)8(13,14)15;1-2/h1-3H;1-2H/p+1. The number of hydrogen-bond donors (Lipinski definition) is 1. The molecule has 0 fully saturated rings. The minimum absolute atomic E-state index is 0.0242. The van der Waals surface area contributed by atoms with Crippen molar-refractivity contribution in [1.29, 1.82) is 0 Å². The lowest BCUT2D eigenvalue weighted by molar-refractivity contribution is -0.176. The van der Waals surface area contributed by atoms with Crippen LogP contribution in [0.3, 0.4) is 0 Å². The van der Waals surface area contributed by atoms with E-state index in [9.17, 15) is 26.3 Å². The van der Waals surface area contributed by atoms with E-state index in [1.54, 1.807) is 0 Å². The van der Waals surface area contributed by atoms with Crippen LogP contribution in [0.2, 0.25) is 0 Å². The molecule has 0 atom stereocenters. The third-order valence-corrected chi connectivity index (χ3v) is 1.61. The fourth-order valence-electron chi connectivity index (χ4n) is 0.979. The zero-order valence-electron chi connectivity index (χ0n) is 8.02. The fourth-order valence-corrected chi connectivity index (χ4v) is 0.979. The number of hydrogen-bond acceptors (Lipinski definition) is 1. The maximum absolute atomic E-state index is 12.1. The average molecular weight is 259 g/mol. The molecule has 0 saturated heterocycles. The molecular weight excluding hydrogens is 253 g/mol. The van der Waals surface area contributed by atoms with Crippen molar-refractivity contribution in [3.05, 3.63) is 29.3 Å². The summed E-state index contributed by atoms with van der Waals surface area (Å²) in [6, 6.07) is 0.931. The first-order valence-corrected chi connectivity index (χ1v) is 3.88. The van der Waals surface area contributed by atoms with E-state index in [2.05, 4.69) is 0 Å². The van der Waals surface area contributed by atoms with E-state index in [0.29, 0.717) is 12.1 Å². The van der Waals surface area contributed by atoms with Crippen molar-refractivity contribution in [2.24, 2.45) is 0 Å². The molecule has 2 nitrogen and oxygen atoms in total. The second-order valence-corrected chi connectivity index (χ2v) is 2.84. The van der Waals surface area contributed by atoms with Crippen molar-refractivity contribution < 1.29 is 36.9 Å². The predicted octanol–water partition coefficient (Wildman–Crippen LogP) is 1.70. The van der Waals surface area contributed by atoms with Gasteiger partial charge in [-0.05, 0) is 6.07 Å². The van der Waals surface area contributed by atoms with Gasteiger partial charge in [-0.2, -0.15) is 26.3 Å². The van der Waals surface area contributed by atoms with Crippen LogP contribution in [0.1, 0.15) is 11.1 Å². The number of halogens is 6. The van der Waals surface area contributed by atoms with Gasteiger partial charge in [0.15, 0.2) is 0 Å². The van der Waals surface area contributed by atoms with Crippen molar-refractivity contribution in [1.82, 2.24) is 0 Å². The predicted molar refractivity (Wildman–Crippen MR) is 48.1 cm³/mol. The van der Waals surface area contributed by atoms with Gasteiger partial charge in [-0.1, -0.05) is 17.6 Å². The highest BCUT2D eigenvalue weighted by atomic mass is 19.4. The van der Waals surface area contributed by atoms with Crippen molar-refractivity contribution in [2.75, 3.05) is 0 Å². The Bertz CT molecular complexity index is 341. The largest absolute Gasteiger partial charge is 0.416 e. The maximum atomic E-state index is 12.1. The zero-order chi connectivity index (χ0) is 13.9. The van der Waals surface area contributed by atoms with Crippen LogP contribution in [0.15, 0.2) is 18.2 Å². The molecule has 0 aromatic heterocycles. The van der Waals surface area contributed by atoms with Crippen LogP contribution >= 0.6 is 0 Å². The van der Waals surface area contributed by atoms with Gasteiger partial charge >= 0.3 is 12.4 Å². The van der Waals surface area contributed by atoms with Crippen LogP contribution in [-0.2, 0) is 12.4 Å². The summed E-state index contributed by atoms with van der Waals surface area (Å²) >= 11 is 0. The monoisotopic (exact) mass is 259 g/mol.